The Kier molecular flexibility index (Phi) is 4.80. The lowest BCUT2D eigenvalue weighted by atomic mass is 10.2. The monoisotopic (exact) mass is 280 g/mol. The maximum Gasteiger partial charge on any atom is 0.340 e. The second-order valence-corrected chi connectivity index (χ2v) is 4.61. The molecule has 1 heterocycles. The van der Waals surface area contributed by atoms with Crippen LogP contribution in [0.15, 0.2) is 24.5 Å². The first-order valence-electron chi connectivity index (χ1n) is 6.45. The van der Waals surface area contributed by atoms with Crippen LogP contribution in [0, 0.1) is 0 Å². The number of halogens is 1. The van der Waals surface area contributed by atoms with Crippen molar-refractivity contribution in [3.05, 3.63) is 30.1 Å². The molecule has 0 unspecified atom stereocenters. The van der Waals surface area contributed by atoms with Gasteiger partial charge in [0.25, 0.3) is 0 Å². The van der Waals surface area contributed by atoms with Crippen molar-refractivity contribution in [1.82, 2.24) is 9.55 Å². The van der Waals surface area contributed by atoms with E-state index in [-0.39, 0.29) is 5.97 Å². The summed E-state index contributed by atoms with van der Waals surface area (Å²) in [5.74, 6) is 0.351. The predicted molar refractivity (Wildman–Crippen MR) is 75.6 cm³/mol. The van der Waals surface area contributed by atoms with Crippen LogP contribution in [0.25, 0.3) is 11.0 Å². The fourth-order valence-corrected chi connectivity index (χ4v) is 2.24. The van der Waals surface area contributed by atoms with Gasteiger partial charge in [-0.25, -0.2) is 9.78 Å². The van der Waals surface area contributed by atoms with Crippen LogP contribution in [-0.2, 0) is 11.3 Å². The quantitative estimate of drug-likeness (QED) is 0.463. The van der Waals surface area contributed by atoms with E-state index in [2.05, 4.69) is 4.98 Å². The van der Waals surface area contributed by atoms with E-state index in [0.717, 1.165) is 30.4 Å². The molecule has 5 heteroatoms. The lowest BCUT2D eigenvalue weighted by Gasteiger charge is -2.07. The number of fused-ring (bicyclic) bond motifs is 1. The average molecular weight is 281 g/mol. The summed E-state index contributed by atoms with van der Waals surface area (Å²) in [6, 6.07) is 5.50. The molecule has 102 valence electrons. The molecule has 19 heavy (non-hydrogen) atoms. The number of ether oxygens (including phenoxy) is 1. The summed E-state index contributed by atoms with van der Waals surface area (Å²) >= 11 is 5.68. The lowest BCUT2D eigenvalue weighted by molar-refractivity contribution is 0.0528. The van der Waals surface area contributed by atoms with Gasteiger partial charge in [-0.1, -0.05) is 6.07 Å². The normalized spacial score (nSPS) is 10.8. The molecular weight excluding hydrogens is 264 g/mol. The maximum absolute atomic E-state index is 12.0. The molecule has 0 spiro atoms. The van der Waals surface area contributed by atoms with Crippen molar-refractivity contribution in [2.45, 2.75) is 26.3 Å². The summed E-state index contributed by atoms with van der Waals surface area (Å²) < 4.78 is 7.08. The highest BCUT2D eigenvalue weighted by atomic mass is 35.5. The number of para-hydroxylation sites is 1. The van der Waals surface area contributed by atoms with Gasteiger partial charge in [0.1, 0.15) is 0 Å². The van der Waals surface area contributed by atoms with Gasteiger partial charge in [-0.2, -0.15) is 0 Å². The Hall–Kier alpha value is -1.55. The number of nitrogens with zero attached hydrogens (tertiary/aromatic N) is 2. The van der Waals surface area contributed by atoms with Crippen LogP contribution in [0.3, 0.4) is 0 Å². The molecule has 0 radical (unpaired) electrons. The maximum atomic E-state index is 12.0. The van der Waals surface area contributed by atoms with Gasteiger partial charge in [-0.15, -0.1) is 11.6 Å². The first-order valence-corrected chi connectivity index (χ1v) is 6.98. The summed E-state index contributed by atoms with van der Waals surface area (Å²) in [7, 11) is 0. The first kappa shape index (κ1) is 13.9. The predicted octanol–water partition coefficient (Wildman–Crippen LogP) is 3.23. The molecule has 0 atom stereocenters. The van der Waals surface area contributed by atoms with Gasteiger partial charge in [-0.05, 0) is 31.9 Å². The zero-order valence-electron chi connectivity index (χ0n) is 10.9. The van der Waals surface area contributed by atoms with Crippen molar-refractivity contribution < 1.29 is 9.53 Å². The molecule has 0 aliphatic carbocycles. The third-order valence-electron chi connectivity index (χ3n) is 2.92. The minimum absolute atomic E-state index is 0.299. The number of imidazole rings is 1. The van der Waals surface area contributed by atoms with Gasteiger partial charge >= 0.3 is 5.97 Å². The minimum atomic E-state index is -0.299. The minimum Gasteiger partial charge on any atom is -0.462 e. The highest BCUT2D eigenvalue weighted by Crippen LogP contribution is 2.19. The van der Waals surface area contributed by atoms with E-state index < -0.39 is 0 Å². The standard InChI is InChI=1S/C14H17ClN2O2/c1-2-19-14(18)11-6-5-7-12-13(11)17(10-16-12)9-4-3-8-15/h5-7,10H,2-4,8-9H2,1H3. The number of carbonyl (C=O) groups excluding carboxylic acids is 1. The Morgan fingerprint density at radius 2 is 2.26 bits per heavy atom. The molecule has 1 aromatic heterocycles. The van der Waals surface area contributed by atoms with Crippen LogP contribution in [0.5, 0.6) is 0 Å². The van der Waals surface area contributed by atoms with Crippen molar-refractivity contribution in [3.63, 3.8) is 0 Å². The molecule has 1 aromatic carbocycles. The van der Waals surface area contributed by atoms with E-state index in [1.807, 2.05) is 16.7 Å². The zero-order valence-corrected chi connectivity index (χ0v) is 11.7. The number of hydrogen-bond donors (Lipinski definition) is 0. The molecule has 2 rings (SSSR count). The number of hydrogen-bond acceptors (Lipinski definition) is 3. The second-order valence-electron chi connectivity index (χ2n) is 4.23. The van der Waals surface area contributed by atoms with Crippen LogP contribution < -0.4 is 0 Å². The van der Waals surface area contributed by atoms with Crippen LogP contribution >= 0.6 is 11.6 Å². The van der Waals surface area contributed by atoms with E-state index in [9.17, 15) is 4.79 Å². The zero-order chi connectivity index (χ0) is 13.7. The number of aryl methyl sites for hydroxylation is 1. The van der Waals surface area contributed by atoms with Gasteiger partial charge in [0.05, 0.1) is 29.5 Å². The Balaban J connectivity index is 2.35. The molecule has 0 aliphatic rings. The number of unbranched alkanes of at least 4 members (excludes halogenated alkanes) is 1. The number of aromatic nitrogens is 2. The van der Waals surface area contributed by atoms with E-state index in [4.69, 9.17) is 16.3 Å². The van der Waals surface area contributed by atoms with Crippen molar-refractivity contribution >= 4 is 28.6 Å². The van der Waals surface area contributed by atoms with Crippen LogP contribution in [-0.4, -0.2) is 28.0 Å². The second kappa shape index (κ2) is 6.57. The van der Waals surface area contributed by atoms with Gasteiger partial charge < -0.3 is 9.30 Å². The highest BCUT2D eigenvalue weighted by molar-refractivity contribution is 6.17. The van der Waals surface area contributed by atoms with Crippen LogP contribution in [0.4, 0.5) is 0 Å². The third kappa shape index (κ3) is 3.07. The van der Waals surface area contributed by atoms with Gasteiger partial charge in [0, 0.05) is 12.4 Å². The number of esters is 1. The highest BCUT2D eigenvalue weighted by Gasteiger charge is 2.14. The first-order chi connectivity index (χ1) is 9.27. The van der Waals surface area contributed by atoms with E-state index >= 15 is 0 Å². The van der Waals surface area contributed by atoms with Crippen molar-refractivity contribution in [3.8, 4) is 0 Å². The van der Waals surface area contributed by atoms with E-state index in [1.54, 1.807) is 19.3 Å². The fraction of sp³-hybridized carbons (Fsp3) is 0.429. The van der Waals surface area contributed by atoms with Crippen molar-refractivity contribution in [2.24, 2.45) is 0 Å². The summed E-state index contributed by atoms with van der Waals surface area (Å²) in [4.78, 5) is 16.3. The Bertz CT molecular complexity index is 566. The van der Waals surface area contributed by atoms with Crippen molar-refractivity contribution in [2.75, 3.05) is 12.5 Å². The van der Waals surface area contributed by atoms with E-state index in [0.29, 0.717) is 18.1 Å². The summed E-state index contributed by atoms with van der Waals surface area (Å²) in [6.45, 7) is 2.98. The lowest BCUT2D eigenvalue weighted by Crippen LogP contribution is -2.08. The summed E-state index contributed by atoms with van der Waals surface area (Å²) in [6.07, 6.45) is 3.68. The number of rotatable bonds is 6. The number of benzene rings is 1. The topological polar surface area (TPSA) is 44.1 Å². The Morgan fingerprint density at radius 1 is 1.42 bits per heavy atom. The molecule has 2 aromatic rings. The van der Waals surface area contributed by atoms with Gasteiger partial charge in [0.15, 0.2) is 0 Å². The molecule has 0 N–H and O–H groups in total. The number of carbonyl (C=O) groups is 1. The third-order valence-corrected chi connectivity index (χ3v) is 3.18. The molecule has 0 saturated carbocycles. The average Bonchev–Trinajstić information content (AvgIpc) is 2.83. The molecule has 0 saturated heterocycles. The number of alkyl halides is 1. The molecule has 0 aliphatic heterocycles. The smallest absolute Gasteiger partial charge is 0.340 e. The van der Waals surface area contributed by atoms with E-state index in [1.165, 1.54) is 0 Å². The molecular formula is C14H17ClN2O2. The summed E-state index contributed by atoms with van der Waals surface area (Å²) in [5.41, 5.74) is 2.23. The summed E-state index contributed by atoms with van der Waals surface area (Å²) in [5, 5.41) is 0. The van der Waals surface area contributed by atoms with Gasteiger partial charge in [0.2, 0.25) is 0 Å². The Morgan fingerprint density at radius 3 is 3.00 bits per heavy atom. The molecule has 0 bridgehead atoms. The molecule has 4 nitrogen and oxygen atoms in total. The largest absolute Gasteiger partial charge is 0.462 e. The molecule has 0 amide bonds. The SMILES string of the molecule is CCOC(=O)c1cccc2ncn(CCCCCl)c12. The van der Waals surface area contributed by atoms with Crippen LogP contribution in [0.2, 0.25) is 0 Å². The Labute approximate surface area is 117 Å². The van der Waals surface area contributed by atoms with Crippen LogP contribution in [0.1, 0.15) is 30.1 Å². The van der Waals surface area contributed by atoms with Gasteiger partial charge in [-0.3, -0.25) is 0 Å². The fourth-order valence-electron chi connectivity index (χ4n) is 2.05. The van der Waals surface area contributed by atoms with Crippen molar-refractivity contribution in [1.29, 1.82) is 0 Å². The molecule has 0 fully saturated rings.